The van der Waals surface area contributed by atoms with E-state index in [9.17, 15) is 14.4 Å². The minimum Gasteiger partial charge on any atom is -0.493 e. The molecular weight excluding hydrogens is 430 g/mol. The van der Waals surface area contributed by atoms with Crippen LogP contribution in [0.2, 0.25) is 0 Å². The molecule has 8 nitrogen and oxygen atoms in total. The third kappa shape index (κ3) is 3.76. The van der Waals surface area contributed by atoms with Crippen LogP contribution in [-0.4, -0.2) is 36.5 Å². The van der Waals surface area contributed by atoms with Crippen molar-refractivity contribution in [3.05, 3.63) is 46.8 Å². The molecule has 0 N–H and O–H groups in total. The molecule has 32 heavy (non-hydrogen) atoms. The molecule has 3 amide bonds. The number of terminal acetylenes is 1. The summed E-state index contributed by atoms with van der Waals surface area (Å²) in [6.07, 6.45) is 5.88. The third-order valence-electron chi connectivity index (χ3n) is 5.04. The molecule has 162 valence electrons. The predicted octanol–water partition coefficient (Wildman–Crippen LogP) is 2.75. The van der Waals surface area contributed by atoms with Crippen molar-refractivity contribution in [2.75, 3.05) is 19.1 Å². The van der Waals surface area contributed by atoms with Crippen LogP contribution in [0.1, 0.15) is 23.2 Å². The monoisotopic (exact) mass is 449 g/mol. The molecule has 1 saturated heterocycles. The molecule has 0 aliphatic carbocycles. The zero-order chi connectivity index (χ0) is 22.8. The number of benzene rings is 2. The minimum atomic E-state index is -0.512. The zero-order valence-corrected chi connectivity index (χ0v) is 18.3. The first-order valence-corrected chi connectivity index (χ1v) is 10.5. The van der Waals surface area contributed by atoms with Gasteiger partial charge < -0.3 is 14.0 Å². The van der Waals surface area contributed by atoms with Crippen molar-refractivity contribution in [2.45, 2.75) is 19.4 Å². The Kier molecular flexibility index (Phi) is 5.79. The van der Waals surface area contributed by atoms with Crippen molar-refractivity contribution in [3.63, 3.8) is 0 Å². The Labute approximate surface area is 187 Å². The average molecular weight is 449 g/mol. The molecule has 1 aromatic heterocycles. The van der Waals surface area contributed by atoms with Crippen molar-refractivity contribution in [1.29, 1.82) is 0 Å². The van der Waals surface area contributed by atoms with Crippen LogP contribution in [-0.2, 0) is 16.1 Å². The fourth-order valence-electron chi connectivity index (χ4n) is 3.52. The maximum absolute atomic E-state index is 13.0. The SMILES string of the molecule is C#CCn1c(=NC(=O)c2cccc(N3C(=O)CCC3=O)c2)sc2cc(OC)c(OC)cc21. The number of thiazole rings is 1. The second-order valence-corrected chi connectivity index (χ2v) is 7.95. The molecular formula is C23H19N3O5S. The van der Waals surface area contributed by atoms with E-state index in [1.807, 2.05) is 0 Å². The molecule has 1 fully saturated rings. The summed E-state index contributed by atoms with van der Waals surface area (Å²) in [5.41, 5.74) is 1.38. The van der Waals surface area contributed by atoms with Gasteiger partial charge in [0.1, 0.15) is 0 Å². The predicted molar refractivity (Wildman–Crippen MR) is 120 cm³/mol. The zero-order valence-electron chi connectivity index (χ0n) is 17.5. The number of aromatic nitrogens is 1. The minimum absolute atomic E-state index is 0.169. The maximum atomic E-state index is 13.0. The van der Waals surface area contributed by atoms with E-state index < -0.39 is 5.91 Å². The molecule has 2 aromatic carbocycles. The number of methoxy groups -OCH3 is 2. The van der Waals surface area contributed by atoms with Gasteiger partial charge in [0.05, 0.1) is 36.7 Å². The summed E-state index contributed by atoms with van der Waals surface area (Å²) in [6.45, 7) is 0.207. The Morgan fingerprint density at radius 1 is 1.12 bits per heavy atom. The van der Waals surface area contributed by atoms with E-state index >= 15 is 0 Å². The second kappa shape index (κ2) is 8.69. The fraction of sp³-hybridized carbons (Fsp3) is 0.217. The van der Waals surface area contributed by atoms with Crippen LogP contribution in [0.25, 0.3) is 10.2 Å². The number of ether oxygens (including phenoxy) is 2. The highest BCUT2D eigenvalue weighted by Crippen LogP contribution is 2.33. The van der Waals surface area contributed by atoms with Gasteiger partial charge in [-0.3, -0.25) is 19.3 Å². The molecule has 0 bridgehead atoms. The van der Waals surface area contributed by atoms with E-state index in [2.05, 4.69) is 10.9 Å². The van der Waals surface area contributed by atoms with Gasteiger partial charge in [0.25, 0.3) is 5.91 Å². The van der Waals surface area contributed by atoms with Gasteiger partial charge in [-0.2, -0.15) is 4.99 Å². The Morgan fingerprint density at radius 2 is 1.81 bits per heavy atom. The van der Waals surface area contributed by atoms with E-state index in [-0.39, 0.29) is 36.8 Å². The normalized spacial score (nSPS) is 14.2. The van der Waals surface area contributed by atoms with Crippen LogP contribution >= 0.6 is 11.3 Å². The van der Waals surface area contributed by atoms with Gasteiger partial charge >= 0.3 is 0 Å². The van der Waals surface area contributed by atoms with E-state index in [4.69, 9.17) is 15.9 Å². The van der Waals surface area contributed by atoms with Gasteiger partial charge in [0.2, 0.25) is 11.8 Å². The lowest BCUT2D eigenvalue weighted by Crippen LogP contribution is -2.28. The highest BCUT2D eigenvalue weighted by molar-refractivity contribution is 7.16. The number of amides is 3. The highest BCUT2D eigenvalue weighted by Gasteiger charge is 2.30. The number of anilines is 1. The van der Waals surface area contributed by atoms with Gasteiger partial charge in [-0.05, 0) is 18.2 Å². The standard InChI is InChI=1S/C23H19N3O5S/c1-4-10-25-16-12-17(30-2)18(31-3)13-19(16)32-23(25)24-22(29)14-6-5-7-15(11-14)26-20(27)8-9-21(26)28/h1,5-7,11-13H,8-10H2,2-3H3. The lowest BCUT2D eigenvalue weighted by molar-refractivity contribution is -0.121. The first kappa shape index (κ1) is 21.3. The number of carbonyl (C=O) groups is 3. The Morgan fingerprint density at radius 3 is 2.47 bits per heavy atom. The Bertz CT molecular complexity index is 1350. The third-order valence-corrected chi connectivity index (χ3v) is 6.08. The van der Waals surface area contributed by atoms with Crippen LogP contribution in [0.15, 0.2) is 41.4 Å². The van der Waals surface area contributed by atoms with E-state index in [1.165, 1.54) is 17.4 Å². The first-order valence-electron chi connectivity index (χ1n) is 9.70. The van der Waals surface area contributed by atoms with Crippen LogP contribution in [0.5, 0.6) is 11.5 Å². The fourth-order valence-corrected chi connectivity index (χ4v) is 4.56. The van der Waals surface area contributed by atoms with Gasteiger partial charge in [0, 0.05) is 30.5 Å². The second-order valence-electron chi connectivity index (χ2n) is 6.94. The Hall–Kier alpha value is -3.90. The molecule has 9 heteroatoms. The number of hydrogen-bond acceptors (Lipinski definition) is 6. The van der Waals surface area contributed by atoms with Crippen molar-refractivity contribution in [2.24, 2.45) is 4.99 Å². The van der Waals surface area contributed by atoms with Gasteiger partial charge in [-0.15, -0.1) is 6.42 Å². The first-order chi connectivity index (χ1) is 15.5. The van der Waals surface area contributed by atoms with Crippen molar-refractivity contribution < 1.29 is 23.9 Å². The van der Waals surface area contributed by atoms with Crippen molar-refractivity contribution in [1.82, 2.24) is 4.57 Å². The van der Waals surface area contributed by atoms with E-state index in [0.29, 0.717) is 22.0 Å². The van der Waals surface area contributed by atoms with Gasteiger partial charge in [0.15, 0.2) is 16.3 Å². The average Bonchev–Trinajstić information content (AvgIpc) is 3.31. The van der Waals surface area contributed by atoms with E-state index in [0.717, 1.165) is 15.1 Å². The molecule has 0 unspecified atom stereocenters. The van der Waals surface area contributed by atoms with Gasteiger partial charge in [-0.1, -0.05) is 23.3 Å². The summed E-state index contributed by atoms with van der Waals surface area (Å²) >= 11 is 1.29. The van der Waals surface area contributed by atoms with Crippen LogP contribution < -0.4 is 19.2 Å². The lowest BCUT2D eigenvalue weighted by Gasteiger charge is -2.14. The van der Waals surface area contributed by atoms with Crippen molar-refractivity contribution >= 4 is 45.0 Å². The summed E-state index contributed by atoms with van der Waals surface area (Å²) in [5.74, 6) is 2.60. The smallest absolute Gasteiger partial charge is 0.279 e. The van der Waals surface area contributed by atoms with Crippen molar-refractivity contribution in [3.8, 4) is 23.8 Å². The number of rotatable bonds is 5. The number of fused-ring (bicyclic) bond motifs is 1. The molecule has 4 rings (SSSR count). The van der Waals surface area contributed by atoms with Crippen LogP contribution in [0.4, 0.5) is 5.69 Å². The number of hydrogen-bond donors (Lipinski definition) is 0. The highest BCUT2D eigenvalue weighted by atomic mass is 32.1. The van der Waals surface area contributed by atoms with Gasteiger partial charge in [-0.25, -0.2) is 0 Å². The maximum Gasteiger partial charge on any atom is 0.279 e. The van der Waals surface area contributed by atoms with Crippen LogP contribution in [0, 0.1) is 12.3 Å². The Balaban J connectivity index is 1.79. The largest absolute Gasteiger partial charge is 0.493 e. The summed E-state index contributed by atoms with van der Waals surface area (Å²) < 4.78 is 13.3. The summed E-state index contributed by atoms with van der Waals surface area (Å²) in [7, 11) is 3.09. The molecule has 0 spiro atoms. The molecule has 1 aliphatic rings. The summed E-state index contributed by atoms with van der Waals surface area (Å²) in [5, 5.41) is 0. The van der Waals surface area contributed by atoms with Crippen LogP contribution in [0.3, 0.4) is 0 Å². The summed E-state index contributed by atoms with van der Waals surface area (Å²) in [4.78, 5) is 42.8. The summed E-state index contributed by atoms with van der Waals surface area (Å²) in [6, 6.07) is 9.92. The quantitative estimate of drug-likeness (QED) is 0.441. The topological polar surface area (TPSA) is 90.2 Å². The molecule has 0 atom stereocenters. The van der Waals surface area contributed by atoms with E-state index in [1.54, 1.807) is 49.1 Å². The molecule has 2 heterocycles. The molecule has 3 aromatic rings. The molecule has 0 radical (unpaired) electrons. The molecule has 1 aliphatic heterocycles. The molecule has 0 saturated carbocycles. The number of imide groups is 1. The number of nitrogens with zero attached hydrogens (tertiary/aromatic N) is 3. The number of carbonyl (C=O) groups excluding carboxylic acids is 3. The lowest BCUT2D eigenvalue weighted by atomic mass is 10.2.